The van der Waals surface area contributed by atoms with E-state index in [2.05, 4.69) is 66.6 Å². The van der Waals surface area contributed by atoms with E-state index in [1.165, 1.54) is 5.56 Å². The molecule has 0 bridgehead atoms. The zero-order chi connectivity index (χ0) is 18.1. The van der Waals surface area contributed by atoms with Gasteiger partial charge in [0.25, 0.3) is 0 Å². The van der Waals surface area contributed by atoms with Crippen molar-refractivity contribution in [2.75, 3.05) is 0 Å². The van der Waals surface area contributed by atoms with Gasteiger partial charge in [0.2, 0.25) is 0 Å². The van der Waals surface area contributed by atoms with Crippen LogP contribution in [0.25, 0.3) is 11.3 Å². The van der Waals surface area contributed by atoms with Crippen LogP contribution in [0.1, 0.15) is 38.8 Å². The van der Waals surface area contributed by atoms with Gasteiger partial charge in [-0.3, -0.25) is 4.98 Å². The van der Waals surface area contributed by atoms with E-state index in [9.17, 15) is 5.11 Å². The first-order chi connectivity index (χ1) is 11.1. The molecule has 1 N–H and O–H groups in total. The maximum absolute atomic E-state index is 11.1. The Balaban J connectivity index is 2.70. The fourth-order valence-corrected chi connectivity index (χ4v) is 2.78. The third kappa shape index (κ3) is 3.46. The van der Waals surface area contributed by atoms with Crippen LogP contribution >= 0.6 is 0 Å². The van der Waals surface area contributed by atoms with Gasteiger partial charge < -0.3 is 5.11 Å². The molecule has 1 atom stereocenters. The SMILES string of the molecule is BC(B)(c1cc(-c2ccccc2)ncc1C(B)(O)C(C)C)C(C)C. The van der Waals surface area contributed by atoms with Crippen molar-refractivity contribution < 1.29 is 5.11 Å². The quantitative estimate of drug-likeness (QED) is 0.842. The van der Waals surface area contributed by atoms with Gasteiger partial charge in [0.1, 0.15) is 23.5 Å². The average molecular weight is 319 g/mol. The summed E-state index contributed by atoms with van der Waals surface area (Å²) >= 11 is 0. The van der Waals surface area contributed by atoms with E-state index in [0.29, 0.717) is 5.92 Å². The minimum absolute atomic E-state index is 0.0549. The molecule has 1 aromatic heterocycles. The number of nitrogens with zero attached hydrogens (tertiary/aromatic N) is 1. The molecular weight excluding hydrogens is 291 g/mol. The van der Waals surface area contributed by atoms with Gasteiger partial charge in [-0.25, -0.2) is 0 Å². The molecule has 2 nitrogen and oxygen atoms in total. The minimum atomic E-state index is -0.899. The summed E-state index contributed by atoms with van der Waals surface area (Å²) in [5, 5.41) is 11.1. The first-order valence-corrected chi connectivity index (χ1v) is 8.87. The topological polar surface area (TPSA) is 33.1 Å². The molecule has 0 aliphatic heterocycles. The van der Waals surface area contributed by atoms with Crippen molar-refractivity contribution in [1.82, 2.24) is 4.98 Å². The average Bonchev–Trinajstić information content (AvgIpc) is 2.54. The van der Waals surface area contributed by atoms with Gasteiger partial charge in [0.05, 0.1) is 11.2 Å². The van der Waals surface area contributed by atoms with E-state index in [1.54, 1.807) is 0 Å². The van der Waals surface area contributed by atoms with Crippen molar-refractivity contribution in [2.45, 2.75) is 38.4 Å². The summed E-state index contributed by atoms with van der Waals surface area (Å²) in [5.41, 5.74) is 3.29. The highest BCUT2D eigenvalue weighted by Crippen LogP contribution is 2.37. The molecule has 0 fully saturated rings. The molecule has 2 rings (SSSR count). The Morgan fingerprint density at radius 1 is 0.917 bits per heavy atom. The molecule has 1 heterocycles. The largest absolute Gasteiger partial charge is 0.394 e. The van der Waals surface area contributed by atoms with Crippen molar-refractivity contribution in [1.29, 1.82) is 0 Å². The molecule has 0 spiro atoms. The maximum atomic E-state index is 11.1. The molecule has 0 saturated carbocycles. The third-order valence-corrected chi connectivity index (χ3v) is 5.78. The lowest BCUT2D eigenvalue weighted by Gasteiger charge is -2.38. The first-order valence-electron chi connectivity index (χ1n) is 8.87. The molecule has 0 aliphatic rings. The third-order valence-electron chi connectivity index (χ3n) is 5.78. The van der Waals surface area contributed by atoms with E-state index < -0.39 is 5.50 Å². The lowest BCUT2D eigenvalue weighted by atomic mass is 9.44. The van der Waals surface area contributed by atoms with Crippen LogP contribution in [0, 0.1) is 11.8 Å². The molecule has 1 aromatic carbocycles. The van der Waals surface area contributed by atoms with E-state index in [-0.39, 0.29) is 11.1 Å². The molecule has 0 aliphatic carbocycles. The summed E-state index contributed by atoms with van der Waals surface area (Å²) in [5.74, 6) is 0.564. The Labute approximate surface area is 149 Å². The van der Waals surface area contributed by atoms with Crippen molar-refractivity contribution in [3.63, 3.8) is 0 Å². The Hall–Kier alpha value is -1.48. The smallest absolute Gasteiger partial charge is 0.149 e. The zero-order valence-electron chi connectivity index (χ0n) is 16.1. The predicted molar refractivity (Wildman–Crippen MR) is 111 cm³/mol. The van der Waals surface area contributed by atoms with Crippen LogP contribution in [-0.2, 0) is 10.7 Å². The molecule has 0 amide bonds. The van der Waals surface area contributed by atoms with Gasteiger partial charge in [-0.2, -0.15) is 0 Å². The number of hydrogen-bond donors (Lipinski definition) is 1. The monoisotopic (exact) mass is 319 g/mol. The summed E-state index contributed by atoms with van der Waals surface area (Å²) in [4.78, 5) is 4.67. The molecule has 1 unspecified atom stereocenters. The number of hydrogen-bond acceptors (Lipinski definition) is 2. The molecular formula is C19H28B3NO. The van der Waals surface area contributed by atoms with E-state index in [4.69, 9.17) is 0 Å². The summed E-state index contributed by atoms with van der Waals surface area (Å²) in [6, 6.07) is 12.4. The van der Waals surface area contributed by atoms with Crippen LogP contribution in [0.15, 0.2) is 42.6 Å². The number of aromatic nitrogens is 1. The molecule has 24 heavy (non-hydrogen) atoms. The van der Waals surface area contributed by atoms with Gasteiger partial charge in [-0.15, -0.1) is 0 Å². The van der Waals surface area contributed by atoms with E-state index in [0.717, 1.165) is 16.8 Å². The Kier molecular flexibility index (Phi) is 5.34. The van der Waals surface area contributed by atoms with Crippen LogP contribution in [0.4, 0.5) is 0 Å². The van der Waals surface area contributed by atoms with Crippen LogP contribution in [-0.4, -0.2) is 33.6 Å². The van der Waals surface area contributed by atoms with Gasteiger partial charge >= 0.3 is 0 Å². The Morgan fingerprint density at radius 2 is 1.50 bits per heavy atom. The van der Waals surface area contributed by atoms with Crippen molar-refractivity contribution in [3.05, 3.63) is 53.7 Å². The van der Waals surface area contributed by atoms with Crippen LogP contribution in [0.3, 0.4) is 0 Å². The van der Waals surface area contributed by atoms with Crippen molar-refractivity contribution in [3.8, 4) is 11.3 Å². The summed E-state index contributed by atoms with van der Waals surface area (Å²) in [6.45, 7) is 8.57. The van der Waals surface area contributed by atoms with E-state index >= 15 is 0 Å². The van der Waals surface area contributed by atoms with Gasteiger partial charge in [0.15, 0.2) is 0 Å². The van der Waals surface area contributed by atoms with Crippen LogP contribution in [0.2, 0.25) is 0 Å². The van der Waals surface area contributed by atoms with E-state index in [1.807, 2.05) is 32.2 Å². The zero-order valence-corrected chi connectivity index (χ0v) is 16.1. The standard InChI is InChI=1S/C19H28B3NO/c1-12(2)18(20,21)15-10-17(14-8-6-5-7-9-14)23-11-16(15)19(22,24)13(3)4/h5-13,24H,20-22H2,1-4H3. The lowest BCUT2D eigenvalue weighted by Crippen LogP contribution is -2.40. The second kappa shape index (κ2) is 6.80. The number of benzene rings is 1. The number of rotatable bonds is 5. The molecule has 5 heteroatoms. The highest BCUT2D eigenvalue weighted by molar-refractivity contribution is 6.40. The fraction of sp³-hybridized carbons (Fsp3) is 0.421. The Bertz CT molecular complexity index is 697. The second-order valence-corrected chi connectivity index (χ2v) is 8.16. The normalized spacial score (nSPS) is 14.8. The van der Waals surface area contributed by atoms with Crippen LogP contribution in [0.5, 0.6) is 0 Å². The second-order valence-electron chi connectivity index (χ2n) is 8.16. The Morgan fingerprint density at radius 3 is 2.00 bits per heavy atom. The van der Waals surface area contributed by atoms with Crippen LogP contribution < -0.4 is 0 Å². The van der Waals surface area contributed by atoms with Crippen molar-refractivity contribution >= 4 is 23.5 Å². The summed E-state index contributed by atoms with van der Waals surface area (Å²) in [6.07, 6.45) is 1.88. The number of aliphatic hydroxyl groups is 1. The highest BCUT2D eigenvalue weighted by atomic mass is 16.3. The van der Waals surface area contributed by atoms with Gasteiger partial charge in [0, 0.05) is 11.8 Å². The predicted octanol–water partition coefficient (Wildman–Crippen LogP) is 1.26. The van der Waals surface area contributed by atoms with Gasteiger partial charge in [-0.1, -0.05) is 69.2 Å². The highest BCUT2D eigenvalue weighted by Gasteiger charge is 2.36. The summed E-state index contributed by atoms with van der Waals surface area (Å²) in [7, 11) is 6.40. The van der Waals surface area contributed by atoms with Gasteiger partial charge in [-0.05, 0) is 23.1 Å². The fourth-order valence-electron chi connectivity index (χ4n) is 2.78. The molecule has 2 aromatic rings. The molecule has 0 saturated heterocycles. The first kappa shape index (κ1) is 18.9. The molecule has 0 radical (unpaired) electrons. The maximum Gasteiger partial charge on any atom is 0.149 e. The molecule has 124 valence electrons. The lowest BCUT2D eigenvalue weighted by molar-refractivity contribution is 0.0752. The minimum Gasteiger partial charge on any atom is -0.394 e. The van der Waals surface area contributed by atoms with Crippen molar-refractivity contribution in [2.24, 2.45) is 11.8 Å². The summed E-state index contributed by atoms with van der Waals surface area (Å²) < 4.78 is 0. The number of pyridine rings is 1.